The van der Waals surface area contributed by atoms with Gasteiger partial charge in [-0.2, -0.15) is 0 Å². The van der Waals surface area contributed by atoms with E-state index in [9.17, 15) is 4.79 Å². The number of carbonyl (C=O) groups is 1. The first-order valence-electron chi connectivity index (χ1n) is 6.05. The Morgan fingerprint density at radius 1 is 1.25 bits per heavy atom. The summed E-state index contributed by atoms with van der Waals surface area (Å²) in [5.41, 5.74) is 1.54. The van der Waals surface area contributed by atoms with Crippen LogP contribution in [0.5, 0.6) is 0 Å². The summed E-state index contributed by atoms with van der Waals surface area (Å²) >= 11 is 13.4. The van der Waals surface area contributed by atoms with Crippen molar-refractivity contribution in [2.24, 2.45) is 0 Å². The van der Waals surface area contributed by atoms with E-state index < -0.39 is 0 Å². The molecule has 1 aromatic carbocycles. The minimum absolute atomic E-state index is 0.105. The van der Waals surface area contributed by atoms with Crippen LogP contribution in [-0.2, 0) is 0 Å². The van der Waals surface area contributed by atoms with Crippen LogP contribution < -0.4 is 10.6 Å². The highest BCUT2D eigenvalue weighted by Crippen LogP contribution is 2.27. The Hall–Kier alpha value is -1.23. The number of halogens is 2. The van der Waals surface area contributed by atoms with E-state index in [1.165, 1.54) is 11.3 Å². The van der Waals surface area contributed by atoms with Crippen molar-refractivity contribution in [2.45, 2.75) is 19.9 Å². The second-order valence-electron chi connectivity index (χ2n) is 4.37. The number of anilines is 1. The molecule has 1 unspecified atom stereocenters. The molecule has 20 heavy (non-hydrogen) atoms. The summed E-state index contributed by atoms with van der Waals surface area (Å²) in [4.78, 5) is 13.0. The molecule has 1 atom stereocenters. The van der Waals surface area contributed by atoms with Crippen LogP contribution in [0.15, 0.2) is 30.3 Å². The molecular weight excluding hydrogens is 315 g/mol. The summed E-state index contributed by atoms with van der Waals surface area (Å²) in [5, 5.41) is 6.28. The third-order valence-corrected chi connectivity index (χ3v) is 4.71. The molecule has 0 aliphatic heterocycles. The molecule has 1 aromatic heterocycles. The van der Waals surface area contributed by atoms with Crippen molar-refractivity contribution in [1.82, 2.24) is 5.32 Å². The van der Waals surface area contributed by atoms with Gasteiger partial charge in [0, 0.05) is 15.6 Å². The molecule has 0 radical (unpaired) electrons. The van der Waals surface area contributed by atoms with Crippen molar-refractivity contribution in [3.8, 4) is 0 Å². The maximum atomic E-state index is 12.0. The van der Waals surface area contributed by atoms with Crippen LogP contribution in [0.2, 0.25) is 9.36 Å². The first-order valence-corrected chi connectivity index (χ1v) is 7.62. The minimum Gasteiger partial charge on any atom is -0.331 e. The molecule has 0 aliphatic rings. The van der Waals surface area contributed by atoms with Gasteiger partial charge in [0.15, 0.2) is 0 Å². The number of nitrogens with one attached hydrogen (secondary N) is 2. The lowest BCUT2D eigenvalue weighted by atomic mass is 10.2. The first kappa shape index (κ1) is 15.2. The smallest absolute Gasteiger partial charge is 0.319 e. The second-order valence-corrected chi connectivity index (χ2v) is 6.53. The fourth-order valence-electron chi connectivity index (χ4n) is 1.73. The predicted molar refractivity (Wildman–Crippen MR) is 86.1 cm³/mol. The molecule has 2 amide bonds. The lowest BCUT2D eigenvalue weighted by Crippen LogP contribution is -2.31. The van der Waals surface area contributed by atoms with Crippen LogP contribution in [0.3, 0.4) is 0 Å². The van der Waals surface area contributed by atoms with Gasteiger partial charge < -0.3 is 10.6 Å². The second kappa shape index (κ2) is 6.48. The van der Waals surface area contributed by atoms with Gasteiger partial charge in [0.1, 0.15) is 0 Å². The maximum absolute atomic E-state index is 12.0. The lowest BCUT2D eigenvalue weighted by molar-refractivity contribution is 0.249. The van der Waals surface area contributed by atoms with Crippen molar-refractivity contribution in [3.05, 3.63) is 50.1 Å². The monoisotopic (exact) mass is 328 g/mol. The van der Waals surface area contributed by atoms with Gasteiger partial charge in [0.2, 0.25) is 0 Å². The Morgan fingerprint density at radius 3 is 2.65 bits per heavy atom. The van der Waals surface area contributed by atoms with Crippen LogP contribution in [-0.4, -0.2) is 6.03 Å². The zero-order valence-corrected chi connectivity index (χ0v) is 13.4. The Labute approximate surface area is 131 Å². The molecule has 2 N–H and O–H groups in total. The zero-order chi connectivity index (χ0) is 14.7. The molecule has 0 fully saturated rings. The number of rotatable bonds is 3. The van der Waals surface area contributed by atoms with Crippen LogP contribution in [0.1, 0.15) is 23.4 Å². The number of thiophene rings is 1. The minimum atomic E-state index is -0.271. The van der Waals surface area contributed by atoms with Crippen LogP contribution in [0.25, 0.3) is 0 Å². The van der Waals surface area contributed by atoms with Gasteiger partial charge in [0.05, 0.1) is 10.4 Å². The standard InChI is InChI=1S/C14H14Cl2N2OS/c1-8-10(15)4-3-5-11(8)18-14(19)17-9(2)12-6-7-13(16)20-12/h3-7,9H,1-2H3,(H2,17,18,19). The Bertz CT molecular complexity index is 627. The Kier molecular flexibility index (Phi) is 4.91. The van der Waals surface area contributed by atoms with E-state index in [-0.39, 0.29) is 12.1 Å². The number of amides is 2. The van der Waals surface area contributed by atoms with Gasteiger partial charge in [-0.15, -0.1) is 11.3 Å². The normalized spacial score (nSPS) is 12.0. The molecule has 0 saturated heterocycles. The molecule has 3 nitrogen and oxygen atoms in total. The van der Waals surface area contributed by atoms with Crippen molar-refractivity contribution in [1.29, 1.82) is 0 Å². The van der Waals surface area contributed by atoms with E-state index >= 15 is 0 Å². The van der Waals surface area contributed by atoms with Crippen molar-refractivity contribution >= 4 is 46.3 Å². The SMILES string of the molecule is Cc1c(Cl)cccc1NC(=O)NC(C)c1ccc(Cl)s1. The first-order chi connectivity index (χ1) is 9.47. The van der Waals surface area contributed by atoms with E-state index in [2.05, 4.69) is 10.6 Å². The van der Waals surface area contributed by atoms with E-state index in [1.54, 1.807) is 12.1 Å². The van der Waals surface area contributed by atoms with E-state index in [0.717, 1.165) is 10.4 Å². The lowest BCUT2D eigenvalue weighted by Gasteiger charge is -2.14. The highest BCUT2D eigenvalue weighted by atomic mass is 35.5. The number of urea groups is 1. The Balaban J connectivity index is 2.00. The van der Waals surface area contributed by atoms with Gasteiger partial charge in [0.25, 0.3) is 0 Å². The average molecular weight is 329 g/mol. The molecule has 1 heterocycles. The molecule has 106 valence electrons. The average Bonchev–Trinajstić information content (AvgIpc) is 2.82. The van der Waals surface area contributed by atoms with Crippen LogP contribution >= 0.6 is 34.5 Å². The molecular formula is C14H14Cl2N2OS. The summed E-state index contributed by atoms with van der Waals surface area (Å²) in [6, 6.07) is 8.75. The number of carbonyl (C=O) groups excluding carboxylic acids is 1. The van der Waals surface area contributed by atoms with E-state index in [1.807, 2.05) is 32.0 Å². The third kappa shape index (κ3) is 3.66. The molecule has 2 rings (SSSR count). The number of benzene rings is 1. The summed E-state index contributed by atoms with van der Waals surface area (Å²) in [6.07, 6.45) is 0. The van der Waals surface area contributed by atoms with Gasteiger partial charge in [-0.05, 0) is 43.7 Å². The molecule has 0 bridgehead atoms. The summed E-state index contributed by atoms with van der Waals surface area (Å²) in [6.45, 7) is 3.77. The highest BCUT2D eigenvalue weighted by molar-refractivity contribution is 7.16. The quantitative estimate of drug-likeness (QED) is 0.794. The predicted octanol–water partition coefficient (Wildman–Crippen LogP) is 5.25. The third-order valence-electron chi connectivity index (χ3n) is 2.88. The Morgan fingerprint density at radius 2 is 2.00 bits per heavy atom. The fraction of sp³-hybridized carbons (Fsp3) is 0.214. The zero-order valence-electron chi connectivity index (χ0n) is 11.0. The van der Waals surface area contributed by atoms with E-state index in [4.69, 9.17) is 23.2 Å². The van der Waals surface area contributed by atoms with Crippen molar-refractivity contribution in [2.75, 3.05) is 5.32 Å². The summed E-state index contributed by atoms with van der Waals surface area (Å²) < 4.78 is 0.708. The van der Waals surface area contributed by atoms with Gasteiger partial charge in [-0.3, -0.25) is 0 Å². The number of hydrogen-bond acceptors (Lipinski definition) is 2. The molecule has 0 aliphatic carbocycles. The van der Waals surface area contributed by atoms with Gasteiger partial charge in [-0.25, -0.2) is 4.79 Å². The number of hydrogen-bond donors (Lipinski definition) is 2. The molecule has 2 aromatic rings. The van der Waals surface area contributed by atoms with Crippen LogP contribution in [0, 0.1) is 6.92 Å². The van der Waals surface area contributed by atoms with Gasteiger partial charge >= 0.3 is 6.03 Å². The molecule has 0 saturated carbocycles. The fourth-order valence-corrected chi connectivity index (χ4v) is 2.97. The molecule has 6 heteroatoms. The molecule has 0 spiro atoms. The van der Waals surface area contributed by atoms with Gasteiger partial charge in [-0.1, -0.05) is 29.3 Å². The van der Waals surface area contributed by atoms with Crippen molar-refractivity contribution < 1.29 is 4.79 Å². The van der Waals surface area contributed by atoms with Crippen molar-refractivity contribution in [3.63, 3.8) is 0 Å². The highest BCUT2D eigenvalue weighted by Gasteiger charge is 2.12. The van der Waals surface area contributed by atoms with E-state index in [0.29, 0.717) is 15.0 Å². The summed E-state index contributed by atoms with van der Waals surface area (Å²) in [7, 11) is 0. The summed E-state index contributed by atoms with van der Waals surface area (Å²) in [5.74, 6) is 0. The van der Waals surface area contributed by atoms with Crippen LogP contribution in [0.4, 0.5) is 10.5 Å². The largest absolute Gasteiger partial charge is 0.331 e. The topological polar surface area (TPSA) is 41.1 Å². The maximum Gasteiger partial charge on any atom is 0.319 e.